The first-order valence-electron chi connectivity index (χ1n) is 6.62. The minimum atomic E-state index is 0.166. The van der Waals surface area contributed by atoms with E-state index >= 15 is 0 Å². The Balaban J connectivity index is 2.46. The van der Waals surface area contributed by atoms with Crippen LogP contribution in [0.5, 0.6) is 0 Å². The summed E-state index contributed by atoms with van der Waals surface area (Å²) in [6.45, 7) is 5.32. The molecule has 0 bridgehead atoms. The van der Waals surface area contributed by atoms with Crippen molar-refractivity contribution in [3.8, 4) is 0 Å². The lowest BCUT2D eigenvalue weighted by atomic mass is 10.0. The van der Waals surface area contributed by atoms with Crippen LogP contribution in [0.2, 0.25) is 0 Å². The molecule has 0 aromatic rings. The third kappa shape index (κ3) is 3.48. The van der Waals surface area contributed by atoms with Crippen molar-refractivity contribution in [2.75, 3.05) is 13.2 Å². The fourth-order valence-electron chi connectivity index (χ4n) is 2.59. The number of hydrogen-bond donors (Lipinski definition) is 1. The lowest BCUT2D eigenvalue weighted by molar-refractivity contribution is -0.136. The maximum Gasteiger partial charge on any atom is 0.225 e. The van der Waals surface area contributed by atoms with E-state index in [1.54, 1.807) is 0 Å². The quantitative estimate of drug-likeness (QED) is 0.755. The van der Waals surface area contributed by atoms with Crippen molar-refractivity contribution in [1.82, 2.24) is 4.90 Å². The highest BCUT2D eigenvalue weighted by Gasteiger charge is 2.30. The van der Waals surface area contributed by atoms with Gasteiger partial charge in [-0.1, -0.05) is 20.3 Å². The molecule has 0 saturated carbocycles. The van der Waals surface area contributed by atoms with Gasteiger partial charge < -0.3 is 10.0 Å². The first-order valence-corrected chi connectivity index (χ1v) is 6.62. The molecular formula is C13H25NO2. The van der Waals surface area contributed by atoms with E-state index in [4.69, 9.17) is 5.11 Å². The third-order valence-corrected chi connectivity index (χ3v) is 3.50. The predicted molar refractivity (Wildman–Crippen MR) is 65.1 cm³/mol. The van der Waals surface area contributed by atoms with Crippen LogP contribution in [0, 0.1) is 5.92 Å². The molecule has 1 fully saturated rings. The number of likely N-dealkylation sites (tertiary alicyclic amines) is 1. The molecule has 0 aliphatic carbocycles. The second kappa shape index (κ2) is 6.89. The zero-order valence-electron chi connectivity index (χ0n) is 10.6. The van der Waals surface area contributed by atoms with E-state index in [0.717, 1.165) is 45.1 Å². The minimum Gasteiger partial charge on any atom is -0.396 e. The van der Waals surface area contributed by atoms with E-state index in [0.29, 0.717) is 11.9 Å². The summed E-state index contributed by atoms with van der Waals surface area (Å²) in [5, 5.41) is 8.84. The number of aliphatic hydroxyl groups is 1. The van der Waals surface area contributed by atoms with Gasteiger partial charge >= 0.3 is 0 Å². The van der Waals surface area contributed by atoms with E-state index in [9.17, 15) is 4.79 Å². The SMILES string of the molecule is CCCC(C)C(=O)N1CCCC1CCCO. The van der Waals surface area contributed by atoms with Crippen LogP contribution in [0.25, 0.3) is 0 Å². The van der Waals surface area contributed by atoms with Gasteiger partial charge in [0, 0.05) is 25.1 Å². The number of aliphatic hydroxyl groups excluding tert-OH is 1. The van der Waals surface area contributed by atoms with Gasteiger partial charge in [0.15, 0.2) is 0 Å². The molecule has 3 nitrogen and oxygen atoms in total. The average molecular weight is 227 g/mol. The fraction of sp³-hybridized carbons (Fsp3) is 0.923. The molecule has 1 amide bonds. The van der Waals surface area contributed by atoms with E-state index in [-0.39, 0.29) is 12.5 Å². The Morgan fingerprint density at radius 1 is 1.56 bits per heavy atom. The van der Waals surface area contributed by atoms with Gasteiger partial charge in [-0.2, -0.15) is 0 Å². The summed E-state index contributed by atoms with van der Waals surface area (Å²) in [5.74, 6) is 0.488. The molecule has 0 aromatic heterocycles. The van der Waals surface area contributed by atoms with Gasteiger partial charge in [0.1, 0.15) is 0 Å². The molecule has 1 heterocycles. The van der Waals surface area contributed by atoms with Crippen molar-refractivity contribution >= 4 is 5.91 Å². The maximum atomic E-state index is 12.2. The minimum absolute atomic E-state index is 0.166. The highest BCUT2D eigenvalue weighted by atomic mass is 16.3. The molecule has 0 aromatic carbocycles. The summed E-state index contributed by atoms with van der Waals surface area (Å²) in [4.78, 5) is 14.2. The zero-order chi connectivity index (χ0) is 12.0. The number of amides is 1. The molecule has 0 radical (unpaired) electrons. The zero-order valence-corrected chi connectivity index (χ0v) is 10.6. The highest BCUT2D eigenvalue weighted by Crippen LogP contribution is 2.24. The largest absolute Gasteiger partial charge is 0.396 e. The van der Waals surface area contributed by atoms with Crippen molar-refractivity contribution in [2.24, 2.45) is 5.92 Å². The van der Waals surface area contributed by atoms with Gasteiger partial charge in [-0.3, -0.25) is 4.79 Å². The summed E-state index contributed by atoms with van der Waals surface area (Å²) >= 11 is 0. The van der Waals surface area contributed by atoms with Crippen LogP contribution in [0.1, 0.15) is 52.4 Å². The molecular weight excluding hydrogens is 202 g/mol. The Bertz CT molecular complexity index is 218. The number of rotatable bonds is 6. The Morgan fingerprint density at radius 2 is 2.31 bits per heavy atom. The van der Waals surface area contributed by atoms with E-state index in [1.165, 1.54) is 0 Å². The molecule has 1 aliphatic rings. The summed E-state index contributed by atoms with van der Waals surface area (Å²) in [6.07, 6.45) is 6.08. The van der Waals surface area contributed by atoms with Crippen LogP contribution in [-0.4, -0.2) is 35.1 Å². The average Bonchev–Trinajstić information content (AvgIpc) is 2.73. The van der Waals surface area contributed by atoms with Crippen molar-refractivity contribution < 1.29 is 9.90 Å². The van der Waals surface area contributed by atoms with Crippen molar-refractivity contribution in [2.45, 2.75) is 58.4 Å². The normalized spacial score (nSPS) is 22.4. The number of nitrogens with zero attached hydrogens (tertiary/aromatic N) is 1. The van der Waals surface area contributed by atoms with Crippen LogP contribution < -0.4 is 0 Å². The molecule has 1 saturated heterocycles. The molecule has 3 heteroatoms. The topological polar surface area (TPSA) is 40.5 Å². The molecule has 2 unspecified atom stereocenters. The van der Waals surface area contributed by atoms with E-state index < -0.39 is 0 Å². The van der Waals surface area contributed by atoms with Crippen molar-refractivity contribution in [1.29, 1.82) is 0 Å². The lowest BCUT2D eigenvalue weighted by Crippen LogP contribution is -2.39. The van der Waals surface area contributed by atoms with Crippen molar-refractivity contribution in [3.05, 3.63) is 0 Å². The predicted octanol–water partition coefficient (Wildman–Crippen LogP) is 2.19. The van der Waals surface area contributed by atoms with Crippen LogP contribution in [0.3, 0.4) is 0 Å². The Labute approximate surface area is 98.8 Å². The van der Waals surface area contributed by atoms with Gasteiger partial charge in [0.2, 0.25) is 5.91 Å². The van der Waals surface area contributed by atoms with Gasteiger partial charge in [-0.05, 0) is 32.1 Å². The molecule has 1 rings (SSSR count). The number of carbonyl (C=O) groups is 1. The molecule has 1 aliphatic heterocycles. The van der Waals surface area contributed by atoms with Gasteiger partial charge in [-0.25, -0.2) is 0 Å². The van der Waals surface area contributed by atoms with Crippen LogP contribution in [-0.2, 0) is 4.79 Å². The van der Waals surface area contributed by atoms with Gasteiger partial charge in [0.05, 0.1) is 0 Å². The highest BCUT2D eigenvalue weighted by molar-refractivity contribution is 5.79. The number of hydrogen-bond acceptors (Lipinski definition) is 2. The van der Waals surface area contributed by atoms with E-state index in [2.05, 4.69) is 11.8 Å². The van der Waals surface area contributed by atoms with Gasteiger partial charge in [-0.15, -0.1) is 0 Å². The Kier molecular flexibility index (Phi) is 5.81. The summed E-state index contributed by atoms with van der Waals surface area (Å²) < 4.78 is 0. The fourth-order valence-corrected chi connectivity index (χ4v) is 2.59. The molecule has 94 valence electrons. The molecule has 0 spiro atoms. The van der Waals surface area contributed by atoms with Crippen LogP contribution >= 0.6 is 0 Å². The summed E-state index contributed by atoms with van der Waals surface area (Å²) in [5.41, 5.74) is 0. The van der Waals surface area contributed by atoms with Gasteiger partial charge in [0.25, 0.3) is 0 Å². The Hall–Kier alpha value is -0.570. The monoisotopic (exact) mass is 227 g/mol. The Morgan fingerprint density at radius 3 is 2.94 bits per heavy atom. The smallest absolute Gasteiger partial charge is 0.225 e. The lowest BCUT2D eigenvalue weighted by Gasteiger charge is -2.27. The summed E-state index contributed by atoms with van der Waals surface area (Å²) in [6, 6.07) is 0.388. The maximum absolute atomic E-state index is 12.2. The van der Waals surface area contributed by atoms with Crippen LogP contribution in [0.15, 0.2) is 0 Å². The summed E-state index contributed by atoms with van der Waals surface area (Å²) in [7, 11) is 0. The molecule has 16 heavy (non-hydrogen) atoms. The standard InChI is InChI=1S/C13H25NO2/c1-3-6-11(2)13(16)14-9-4-7-12(14)8-5-10-15/h11-12,15H,3-10H2,1-2H3. The van der Waals surface area contributed by atoms with E-state index in [1.807, 2.05) is 6.92 Å². The molecule has 2 atom stereocenters. The number of carbonyl (C=O) groups excluding carboxylic acids is 1. The van der Waals surface area contributed by atoms with Crippen LogP contribution in [0.4, 0.5) is 0 Å². The third-order valence-electron chi connectivity index (χ3n) is 3.50. The first-order chi connectivity index (χ1) is 7.70. The van der Waals surface area contributed by atoms with Crippen molar-refractivity contribution in [3.63, 3.8) is 0 Å². The second-order valence-electron chi connectivity index (χ2n) is 4.88. The molecule has 1 N–H and O–H groups in total. The first kappa shape index (κ1) is 13.5. The second-order valence-corrected chi connectivity index (χ2v) is 4.88.